The van der Waals surface area contributed by atoms with E-state index in [0.717, 1.165) is 18.4 Å². The van der Waals surface area contributed by atoms with Crippen LogP contribution in [0.1, 0.15) is 53.2 Å². The zero-order valence-corrected chi connectivity index (χ0v) is 17.4. The maximum absolute atomic E-state index is 12.6. The van der Waals surface area contributed by atoms with Crippen LogP contribution >= 0.6 is 0 Å². The van der Waals surface area contributed by atoms with Crippen LogP contribution in [0.25, 0.3) is 5.57 Å². The molecule has 1 aliphatic rings. The molecule has 0 aliphatic heterocycles. The number of Topliss-reactive ketones (excluding diaryl/α,β-unsaturated/α-hetero) is 1. The number of hydrogen-bond acceptors (Lipinski definition) is 3. The highest BCUT2D eigenvalue weighted by atomic mass is 16.5. The van der Waals surface area contributed by atoms with Crippen LogP contribution in [0.2, 0.25) is 0 Å². The first-order valence-electron chi connectivity index (χ1n) is 10.2. The number of allylic oxidation sites excluding steroid dienone is 4. The third-order valence-electron chi connectivity index (χ3n) is 5.60. The van der Waals surface area contributed by atoms with E-state index in [1.54, 1.807) is 12.1 Å². The van der Waals surface area contributed by atoms with Gasteiger partial charge in [0.2, 0.25) is 0 Å². The molecule has 0 saturated carbocycles. The van der Waals surface area contributed by atoms with Crippen molar-refractivity contribution in [3.8, 4) is 0 Å². The summed E-state index contributed by atoms with van der Waals surface area (Å²) >= 11 is 0. The number of esters is 1. The van der Waals surface area contributed by atoms with Crippen molar-refractivity contribution in [1.82, 2.24) is 0 Å². The highest BCUT2D eigenvalue weighted by Gasteiger charge is 2.23. The molecule has 3 nitrogen and oxygen atoms in total. The Hall–Kier alpha value is -2.94. The van der Waals surface area contributed by atoms with Crippen LogP contribution in [-0.4, -0.2) is 18.9 Å². The fourth-order valence-corrected chi connectivity index (χ4v) is 3.98. The first-order chi connectivity index (χ1) is 14.0. The lowest BCUT2D eigenvalue weighted by atomic mass is 9.86. The van der Waals surface area contributed by atoms with Crippen LogP contribution in [0, 0.1) is 12.8 Å². The second kappa shape index (κ2) is 9.51. The van der Waals surface area contributed by atoms with E-state index in [1.807, 2.05) is 12.1 Å². The first-order valence-corrected chi connectivity index (χ1v) is 10.2. The third kappa shape index (κ3) is 4.92. The lowest BCUT2D eigenvalue weighted by molar-refractivity contribution is -0.118. The van der Waals surface area contributed by atoms with Crippen LogP contribution in [0.5, 0.6) is 0 Å². The zero-order chi connectivity index (χ0) is 20.8. The average Bonchev–Trinajstić information content (AvgIpc) is 3.15. The Balaban J connectivity index is 1.61. The standard InChI is InChI=1S/C26H28O3/c1-4-23-19(14-16-24(23)20-11-9-18(2)10-12-20)13-15-22(27)17-21-7-5-6-8-25(21)26(28)29-3/h5-12,14,16,23H,4,13,15,17H2,1-3H3. The van der Waals surface area contributed by atoms with Crippen LogP contribution in [0.3, 0.4) is 0 Å². The Morgan fingerprint density at radius 1 is 1.00 bits per heavy atom. The van der Waals surface area contributed by atoms with Crippen molar-refractivity contribution in [3.05, 3.63) is 88.5 Å². The van der Waals surface area contributed by atoms with Gasteiger partial charge in [-0.05, 0) is 42.5 Å². The molecule has 2 aromatic rings. The minimum atomic E-state index is -0.398. The molecule has 1 unspecified atom stereocenters. The van der Waals surface area contributed by atoms with E-state index < -0.39 is 5.97 Å². The molecule has 2 aromatic carbocycles. The summed E-state index contributed by atoms with van der Waals surface area (Å²) in [6.45, 7) is 4.29. The molecule has 0 radical (unpaired) electrons. The predicted molar refractivity (Wildman–Crippen MR) is 117 cm³/mol. The fraction of sp³-hybridized carbons (Fsp3) is 0.308. The molecule has 150 valence electrons. The topological polar surface area (TPSA) is 43.4 Å². The van der Waals surface area contributed by atoms with E-state index in [-0.39, 0.29) is 12.2 Å². The highest BCUT2D eigenvalue weighted by molar-refractivity contribution is 5.93. The first kappa shape index (κ1) is 20.8. The molecule has 0 heterocycles. The van der Waals surface area contributed by atoms with E-state index in [9.17, 15) is 9.59 Å². The maximum Gasteiger partial charge on any atom is 0.338 e. The third-order valence-corrected chi connectivity index (χ3v) is 5.60. The van der Waals surface area contributed by atoms with Crippen LogP contribution < -0.4 is 0 Å². The summed E-state index contributed by atoms with van der Waals surface area (Å²) in [6.07, 6.45) is 6.89. The molecular weight excluding hydrogens is 360 g/mol. The summed E-state index contributed by atoms with van der Waals surface area (Å²) < 4.78 is 4.82. The predicted octanol–water partition coefficient (Wildman–Crippen LogP) is 5.72. The molecular formula is C26H28O3. The van der Waals surface area contributed by atoms with Gasteiger partial charge in [0.05, 0.1) is 12.7 Å². The SMILES string of the molecule is CCC1C(CCC(=O)Cc2ccccc2C(=O)OC)=CC=C1c1ccc(C)cc1. The number of rotatable bonds is 8. The van der Waals surface area contributed by atoms with E-state index >= 15 is 0 Å². The monoisotopic (exact) mass is 388 g/mol. The number of carbonyl (C=O) groups is 2. The number of carbonyl (C=O) groups excluding carboxylic acids is 2. The molecule has 0 saturated heterocycles. The molecule has 0 fully saturated rings. The van der Waals surface area contributed by atoms with Gasteiger partial charge >= 0.3 is 5.97 Å². The molecule has 29 heavy (non-hydrogen) atoms. The van der Waals surface area contributed by atoms with Crippen molar-refractivity contribution in [1.29, 1.82) is 0 Å². The van der Waals surface area contributed by atoms with E-state index in [1.165, 1.54) is 29.4 Å². The van der Waals surface area contributed by atoms with Gasteiger partial charge < -0.3 is 4.74 Å². The summed E-state index contributed by atoms with van der Waals surface area (Å²) in [6, 6.07) is 15.8. The summed E-state index contributed by atoms with van der Waals surface area (Å²) in [5.74, 6) is 0.110. The van der Waals surface area contributed by atoms with Gasteiger partial charge in [-0.15, -0.1) is 0 Å². The van der Waals surface area contributed by atoms with Gasteiger partial charge in [0, 0.05) is 18.8 Å². The van der Waals surface area contributed by atoms with E-state index in [0.29, 0.717) is 17.9 Å². The molecule has 0 N–H and O–H groups in total. The smallest absolute Gasteiger partial charge is 0.338 e. The number of benzene rings is 2. The van der Waals surface area contributed by atoms with Crippen molar-refractivity contribution in [2.45, 2.75) is 39.5 Å². The van der Waals surface area contributed by atoms with Gasteiger partial charge in [0.25, 0.3) is 0 Å². The van der Waals surface area contributed by atoms with Gasteiger partial charge in [-0.3, -0.25) is 4.79 Å². The van der Waals surface area contributed by atoms with E-state index in [4.69, 9.17) is 4.74 Å². The average molecular weight is 389 g/mol. The number of hydrogen-bond donors (Lipinski definition) is 0. The van der Waals surface area contributed by atoms with Gasteiger partial charge in [-0.2, -0.15) is 0 Å². The molecule has 1 aliphatic carbocycles. The molecule has 0 aromatic heterocycles. The van der Waals surface area contributed by atoms with Gasteiger partial charge in [0.1, 0.15) is 5.78 Å². The van der Waals surface area contributed by atoms with Crippen molar-refractivity contribution >= 4 is 17.3 Å². The van der Waals surface area contributed by atoms with Crippen LogP contribution in [0.4, 0.5) is 0 Å². The molecule has 3 heteroatoms. The maximum atomic E-state index is 12.6. The lowest BCUT2D eigenvalue weighted by Crippen LogP contribution is -2.11. The summed E-state index contributed by atoms with van der Waals surface area (Å²) in [7, 11) is 1.36. The Morgan fingerprint density at radius 2 is 1.72 bits per heavy atom. The molecule has 0 spiro atoms. The summed E-state index contributed by atoms with van der Waals surface area (Å²) in [4.78, 5) is 24.5. The van der Waals surface area contributed by atoms with E-state index in [2.05, 4.69) is 50.3 Å². The number of aryl methyl sites for hydroxylation is 1. The normalized spacial score (nSPS) is 15.6. The number of ketones is 1. The second-order valence-corrected chi connectivity index (χ2v) is 7.55. The summed E-state index contributed by atoms with van der Waals surface area (Å²) in [5, 5.41) is 0. The molecule has 0 bridgehead atoms. The Bertz CT molecular complexity index is 948. The van der Waals surface area contributed by atoms with Crippen molar-refractivity contribution < 1.29 is 14.3 Å². The van der Waals surface area contributed by atoms with Gasteiger partial charge in [-0.1, -0.05) is 72.7 Å². The Kier molecular flexibility index (Phi) is 6.82. The van der Waals surface area contributed by atoms with Crippen LogP contribution in [0.15, 0.2) is 66.3 Å². The van der Waals surface area contributed by atoms with Crippen molar-refractivity contribution in [3.63, 3.8) is 0 Å². The Morgan fingerprint density at radius 3 is 2.41 bits per heavy atom. The van der Waals surface area contributed by atoms with Crippen molar-refractivity contribution in [2.24, 2.45) is 5.92 Å². The molecule has 3 rings (SSSR count). The zero-order valence-electron chi connectivity index (χ0n) is 17.4. The van der Waals surface area contributed by atoms with Crippen LogP contribution in [-0.2, 0) is 16.0 Å². The van der Waals surface area contributed by atoms with Gasteiger partial charge in [-0.25, -0.2) is 4.79 Å². The minimum absolute atomic E-state index is 0.140. The van der Waals surface area contributed by atoms with Gasteiger partial charge in [0.15, 0.2) is 0 Å². The lowest BCUT2D eigenvalue weighted by Gasteiger charge is -2.18. The fourth-order valence-electron chi connectivity index (χ4n) is 3.98. The highest BCUT2D eigenvalue weighted by Crippen LogP contribution is 2.38. The second-order valence-electron chi connectivity index (χ2n) is 7.55. The Labute approximate surface area is 173 Å². The quantitative estimate of drug-likeness (QED) is 0.543. The van der Waals surface area contributed by atoms with Crippen molar-refractivity contribution in [2.75, 3.05) is 7.11 Å². The molecule has 0 amide bonds. The summed E-state index contributed by atoms with van der Waals surface area (Å²) in [5.41, 5.74) is 6.37. The largest absolute Gasteiger partial charge is 0.465 e. The number of ether oxygens (including phenoxy) is 1. The number of methoxy groups -OCH3 is 1. The molecule has 1 atom stereocenters. The minimum Gasteiger partial charge on any atom is -0.465 e.